The van der Waals surface area contributed by atoms with Crippen molar-refractivity contribution in [2.75, 3.05) is 39.3 Å². The summed E-state index contributed by atoms with van der Waals surface area (Å²) >= 11 is 0. The molecule has 2 saturated heterocycles. The molecule has 2 amide bonds. The highest BCUT2D eigenvalue weighted by Gasteiger charge is 2.61. The number of fused-ring (bicyclic) bond motifs is 2. The normalized spacial score (nSPS) is 29.5. The molecule has 174 valence electrons. The van der Waals surface area contributed by atoms with E-state index in [4.69, 9.17) is 9.47 Å². The Morgan fingerprint density at radius 2 is 1.76 bits per heavy atom. The standard InChI is InChI=1S/C24H27N3O6/c1-12-14(3-4-15-18(12)10-32-23(15)30)20(28)9-25-7-16-17(8-25)21(16)27-6-5-26(24(27)31)19-11-33-22(29)13(19)2/h3-4,16-17,20-21,28H,5-11H2,1-2H3/t16?,17?,20-,21?/m0/s1. The van der Waals surface area contributed by atoms with E-state index in [-0.39, 0.29) is 37.2 Å². The van der Waals surface area contributed by atoms with Crippen LogP contribution in [-0.4, -0.2) is 83.1 Å². The zero-order valence-corrected chi connectivity index (χ0v) is 18.7. The number of amides is 2. The van der Waals surface area contributed by atoms with Crippen molar-refractivity contribution in [2.24, 2.45) is 11.8 Å². The number of aliphatic hydroxyl groups excluding tert-OH is 1. The van der Waals surface area contributed by atoms with Gasteiger partial charge >= 0.3 is 18.0 Å². The topological polar surface area (TPSA) is 99.6 Å². The van der Waals surface area contributed by atoms with Crippen molar-refractivity contribution in [1.82, 2.24) is 14.7 Å². The predicted molar refractivity (Wildman–Crippen MR) is 115 cm³/mol. The van der Waals surface area contributed by atoms with Crippen LogP contribution in [0.3, 0.4) is 0 Å². The lowest BCUT2D eigenvalue weighted by Crippen LogP contribution is -2.39. The molecule has 1 aromatic rings. The van der Waals surface area contributed by atoms with Gasteiger partial charge in [0.1, 0.15) is 13.2 Å². The second-order valence-corrected chi connectivity index (χ2v) is 9.71. The Labute approximate surface area is 191 Å². The van der Waals surface area contributed by atoms with Gasteiger partial charge in [-0.1, -0.05) is 6.07 Å². The fraction of sp³-hybridized carbons (Fsp3) is 0.542. The Kier molecular flexibility index (Phi) is 4.57. The number of cyclic esters (lactones) is 2. The molecule has 1 saturated carbocycles. The molecule has 1 aromatic carbocycles. The van der Waals surface area contributed by atoms with Crippen molar-refractivity contribution < 1.29 is 29.0 Å². The monoisotopic (exact) mass is 453 g/mol. The van der Waals surface area contributed by atoms with Crippen LogP contribution < -0.4 is 0 Å². The first kappa shape index (κ1) is 20.7. The number of urea groups is 1. The number of likely N-dealkylation sites (tertiary alicyclic amines) is 1. The Morgan fingerprint density at radius 1 is 1.03 bits per heavy atom. The first-order chi connectivity index (χ1) is 15.8. The third-order valence-electron chi connectivity index (χ3n) is 8.03. The summed E-state index contributed by atoms with van der Waals surface area (Å²) in [5, 5.41) is 10.9. The molecule has 1 aliphatic carbocycles. The van der Waals surface area contributed by atoms with Crippen LogP contribution in [-0.2, 0) is 20.9 Å². The minimum absolute atomic E-state index is 0.0285. The van der Waals surface area contributed by atoms with Gasteiger partial charge in [0.25, 0.3) is 0 Å². The molecular weight excluding hydrogens is 426 g/mol. The lowest BCUT2D eigenvalue weighted by atomic mass is 9.95. The molecule has 33 heavy (non-hydrogen) atoms. The Hall–Kier alpha value is -2.91. The van der Waals surface area contributed by atoms with Gasteiger partial charge in [0.2, 0.25) is 0 Å². The van der Waals surface area contributed by atoms with Crippen molar-refractivity contribution in [3.8, 4) is 0 Å². The largest absolute Gasteiger partial charge is 0.457 e. The fourth-order valence-corrected chi connectivity index (χ4v) is 6.09. The number of esters is 2. The molecule has 0 aromatic heterocycles. The highest BCUT2D eigenvalue weighted by atomic mass is 16.5. The summed E-state index contributed by atoms with van der Waals surface area (Å²) in [6.07, 6.45) is -0.638. The molecule has 9 nitrogen and oxygen atoms in total. The number of aliphatic hydroxyl groups is 1. The molecule has 4 aliphatic heterocycles. The molecule has 4 heterocycles. The van der Waals surface area contributed by atoms with Gasteiger partial charge in [-0.05, 0) is 42.9 Å². The summed E-state index contributed by atoms with van der Waals surface area (Å²) in [6, 6.07) is 3.79. The molecule has 6 rings (SSSR count). The number of rotatable bonds is 5. The van der Waals surface area contributed by atoms with Crippen LogP contribution >= 0.6 is 0 Å². The van der Waals surface area contributed by atoms with Gasteiger partial charge in [0.15, 0.2) is 0 Å². The van der Waals surface area contributed by atoms with Gasteiger partial charge in [0, 0.05) is 44.3 Å². The molecule has 1 N–H and O–H groups in total. The molecule has 0 spiro atoms. The molecule has 3 atom stereocenters. The van der Waals surface area contributed by atoms with E-state index >= 15 is 0 Å². The lowest BCUT2D eigenvalue weighted by molar-refractivity contribution is -0.136. The predicted octanol–water partition coefficient (Wildman–Crippen LogP) is 1.20. The summed E-state index contributed by atoms with van der Waals surface area (Å²) in [6.45, 7) is 7.58. The summed E-state index contributed by atoms with van der Waals surface area (Å²) in [4.78, 5) is 42.4. The number of nitrogens with zero attached hydrogens (tertiary/aromatic N) is 3. The maximum Gasteiger partial charge on any atom is 0.338 e. The van der Waals surface area contributed by atoms with Crippen LogP contribution in [0.4, 0.5) is 4.79 Å². The van der Waals surface area contributed by atoms with Gasteiger partial charge in [-0.2, -0.15) is 0 Å². The smallest absolute Gasteiger partial charge is 0.338 e. The van der Waals surface area contributed by atoms with Crippen LogP contribution in [0.5, 0.6) is 0 Å². The number of carbonyl (C=O) groups is 3. The second-order valence-electron chi connectivity index (χ2n) is 9.71. The van der Waals surface area contributed by atoms with Crippen molar-refractivity contribution in [3.05, 3.63) is 45.7 Å². The number of hydrogen-bond acceptors (Lipinski definition) is 7. The average Bonchev–Trinajstić information content (AvgIpc) is 3.24. The Morgan fingerprint density at radius 3 is 2.45 bits per heavy atom. The second kappa shape index (κ2) is 7.30. The van der Waals surface area contributed by atoms with Crippen molar-refractivity contribution >= 4 is 18.0 Å². The van der Waals surface area contributed by atoms with Crippen LogP contribution in [0.15, 0.2) is 23.4 Å². The first-order valence-electron chi connectivity index (χ1n) is 11.5. The van der Waals surface area contributed by atoms with Crippen molar-refractivity contribution in [2.45, 2.75) is 32.6 Å². The third kappa shape index (κ3) is 3.09. The van der Waals surface area contributed by atoms with E-state index in [1.807, 2.05) is 17.9 Å². The summed E-state index contributed by atoms with van der Waals surface area (Å²) in [7, 11) is 0. The van der Waals surface area contributed by atoms with Crippen LogP contribution in [0, 0.1) is 18.8 Å². The fourth-order valence-electron chi connectivity index (χ4n) is 6.09. The van der Waals surface area contributed by atoms with Gasteiger partial charge in [0.05, 0.1) is 22.9 Å². The minimum atomic E-state index is -0.638. The van der Waals surface area contributed by atoms with E-state index in [0.717, 1.165) is 29.8 Å². The number of ether oxygens (including phenoxy) is 2. The van der Waals surface area contributed by atoms with E-state index in [1.165, 1.54) is 0 Å². The number of piperidine rings is 1. The molecule has 0 radical (unpaired) electrons. The Bertz CT molecular complexity index is 1100. The average molecular weight is 453 g/mol. The summed E-state index contributed by atoms with van der Waals surface area (Å²) in [5.74, 6) is 0.203. The van der Waals surface area contributed by atoms with Gasteiger partial charge in [-0.15, -0.1) is 0 Å². The zero-order chi connectivity index (χ0) is 23.0. The van der Waals surface area contributed by atoms with E-state index < -0.39 is 6.10 Å². The SMILES string of the molecule is CC1=C(N2CCN(C3C4CN(C[C@H](O)c5ccc6c(c5C)COC6=O)CC43)C2=O)COC1=O. The van der Waals surface area contributed by atoms with Gasteiger partial charge in [-0.25, -0.2) is 14.4 Å². The lowest BCUT2D eigenvalue weighted by Gasteiger charge is -2.26. The maximum atomic E-state index is 13.0. The zero-order valence-electron chi connectivity index (χ0n) is 18.7. The van der Waals surface area contributed by atoms with Gasteiger partial charge in [-0.3, -0.25) is 9.80 Å². The van der Waals surface area contributed by atoms with Crippen LogP contribution in [0.2, 0.25) is 0 Å². The highest BCUT2D eigenvalue weighted by molar-refractivity contribution is 5.94. The number of β-amino-alcohol motifs (C(OH)–C–C–N with tert-alkyl or cyclic N) is 1. The highest BCUT2D eigenvalue weighted by Crippen LogP contribution is 2.50. The summed E-state index contributed by atoms with van der Waals surface area (Å²) in [5.41, 5.74) is 4.45. The molecular formula is C24H27N3O6. The van der Waals surface area contributed by atoms with E-state index in [9.17, 15) is 19.5 Å². The van der Waals surface area contributed by atoms with Crippen LogP contribution in [0.1, 0.15) is 40.1 Å². The third-order valence-corrected chi connectivity index (χ3v) is 8.03. The van der Waals surface area contributed by atoms with E-state index in [1.54, 1.807) is 17.9 Å². The van der Waals surface area contributed by atoms with Crippen LogP contribution in [0.25, 0.3) is 0 Å². The maximum absolute atomic E-state index is 13.0. The van der Waals surface area contributed by atoms with Crippen molar-refractivity contribution in [1.29, 1.82) is 0 Å². The first-order valence-corrected chi connectivity index (χ1v) is 11.5. The van der Waals surface area contributed by atoms with E-state index in [0.29, 0.717) is 48.3 Å². The number of carbonyl (C=O) groups excluding carboxylic acids is 3. The molecule has 3 fully saturated rings. The van der Waals surface area contributed by atoms with E-state index in [2.05, 4.69) is 4.90 Å². The molecule has 2 unspecified atom stereocenters. The quantitative estimate of drug-likeness (QED) is 0.669. The molecule has 5 aliphatic rings. The minimum Gasteiger partial charge on any atom is -0.457 e. The number of hydrogen-bond donors (Lipinski definition) is 1. The van der Waals surface area contributed by atoms with Gasteiger partial charge < -0.3 is 19.5 Å². The summed E-state index contributed by atoms with van der Waals surface area (Å²) < 4.78 is 10.2. The molecule has 9 heteroatoms. The van der Waals surface area contributed by atoms with Crippen molar-refractivity contribution in [3.63, 3.8) is 0 Å². The Balaban J connectivity index is 1.07. The molecule has 0 bridgehead atoms. The number of benzene rings is 1.